The molecule has 2 amide bonds. The van der Waals surface area contributed by atoms with Gasteiger partial charge in [-0.25, -0.2) is 4.79 Å². The molecule has 0 aromatic heterocycles. The van der Waals surface area contributed by atoms with Gasteiger partial charge in [-0.2, -0.15) is 0 Å². The molecular formula is C21H23BrN2O3. The summed E-state index contributed by atoms with van der Waals surface area (Å²) in [4.78, 5) is 26.4. The fourth-order valence-electron chi connectivity index (χ4n) is 3.57. The molecule has 0 saturated heterocycles. The molecule has 3 rings (SSSR count). The maximum Gasteiger partial charge on any atom is 0.407 e. The van der Waals surface area contributed by atoms with Crippen LogP contribution in [-0.4, -0.2) is 18.0 Å². The van der Waals surface area contributed by atoms with E-state index in [1.165, 1.54) is 0 Å². The van der Waals surface area contributed by atoms with Gasteiger partial charge >= 0.3 is 6.09 Å². The monoisotopic (exact) mass is 430 g/mol. The molecule has 6 heteroatoms. The lowest BCUT2D eigenvalue weighted by atomic mass is 9.83. The molecule has 0 fully saturated rings. The van der Waals surface area contributed by atoms with Crippen LogP contribution in [0.15, 0.2) is 53.0 Å². The Kier molecular flexibility index (Phi) is 5.85. The van der Waals surface area contributed by atoms with Crippen molar-refractivity contribution in [3.8, 4) is 0 Å². The zero-order valence-corrected chi connectivity index (χ0v) is 17.2. The topological polar surface area (TPSA) is 58.6 Å². The van der Waals surface area contributed by atoms with Crippen molar-refractivity contribution in [2.75, 3.05) is 4.90 Å². The predicted octanol–water partition coefficient (Wildman–Crippen LogP) is 4.81. The van der Waals surface area contributed by atoms with Crippen molar-refractivity contribution in [1.29, 1.82) is 0 Å². The Bertz CT molecular complexity index is 841. The summed E-state index contributed by atoms with van der Waals surface area (Å²) < 4.78 is 6.29. The Labute approximate surface area is 167 Å². The van der Waals surface area contributed by atoms with E-state index in [2.05, 4.69) is 21.2 Å². The van der Waals surface area contributed by atoms with E-state index in [0.29, 0.717) is 0 Å². The van der Waals surface area contributed by atoms with Gasteiger partial charge in [0, 0.05) is 29.0 Å². The van der Waals surface area contributed by atoms with Gasteiger partial charge in [0.05, 0.1) is 6.04 Å². The first-order valence-electron chi connectivity index (χ1n) is 8.95. The molecule has 1 heterocycles. The molecule has 2 aromatic carbocycles. The third kappa shape index (κ3) is 4.16. The summed E-state index contributed by atoms with van der Waals surface area (Å²) in [7, 11) is 0. The number of alkyl carbamates (subject to hydrolysis) is 1. The highest BCUT2D eigenvalue weighted by molar-refractivity contribution is 9.10. The standard InChI is InChI=1S/C21H23BrN2O3/c1-13-14(2)24(15(3)25)19-10-9-17(22)11-18(19)20(13)23-21(26)27-12-16-7-5-4-6-8-16/h4-11,13-14,20H,12H2,1-3H3,(H,23,26)/t13-,14-,20?/m0/s1. The normalized spacial score (nSPS) is 21.3. The van der Waals surface area contributed by atoms with Crippen LogP contribution in [0.1, 0.15) is 37.9 Å². The second-order valence-corrected chi connectivity index (χ2v) is 7.79. The maximum atomic E-state index is 12.4. The van der Waals surface area contributed by atoms with E-state index in [1.807, 2.05) is 62.4 Å². The molecule has 142 valence electrons. The summed E-state index contributed by atoms with van der Waals surface area (Å²) >= 11 is 3.49. The SMILES string of the molecule is CC(=O)N1c2ccc(Br)cc2C(NC(=O)OCc2ccccc2)[C@@H](C)[C@@H]1C. The zero-order valence-electron chi connectivity index (χ0n) is 15.6. The molecule has 0 bridgehead atoms. The number of fused-ring (bicyclic) bond motifs is 1. The number of halogens is 1. The Morgan fingerprint density at radius 1 is 1.15 bits per heavy atom. The largest absolute Gasteiger partial charge is 0.445 e. The van der Waals surface area contributed by atoms with E-state index < -0.39 is 6.09 Å². The minimum absolute atomic E-state index is 0.0111. The Morgan fingerprint density at radius 3 is 2.52 bits per heavy atom. The van der Waals surface area contributed by atoms with Gasteiger partial charge in [0.2, 0.25) is 5.91 Å². The van der Waals surface area contributed by atoms with Gasteiger partial charge in [-0.15, -0.1) is 0 Å². The van der Waals surface area contributed by atoms with Crippen LogP contribution < -0.4 is 10.2 Å². The first-order chi connectivity index (χ1) is 12.9. The lowest BCUT2D eigenvalue weighted by Gasteiger charge is -2.43. The summed E-state index contributed by atoms with van der Waals surface area (Å²) in [6.07, 6.45) is -0.467. The first-order valence-corrected chi connectivity index (χ1v) is 9.74. The van der Waals surface area contributed by atoms with Gasteiger partial charge in [-0.1, -0.05) is 53.2 Å². The van der Waals surface area contributed by atoms with Crippen LogP contribution in [0.3, 0.4) is 0 Å². The van der Waals surface area contributed by atoms with Crippen molar-refractivity contribution in [3.05, 3.63) is 64.1 Å². The number of rotatable bonds is 3. The fourth-order valence-corrected chi connectivity index (χ4v) is 3.95. The van der Waals surface area contributed by atoms with Crippen molar-refractivity contribution in [2.45, 2.75) is 39.5 Å². The lowest BCUT2D eigenvalue weighted by molar-refractivity contribution is -0.117. The Morgan fingerprint density at radius 2 is 1.85 bits per heavy atom. The lowest BCUT2D eigenvalue weighted by Crippen LogP contribution is -2.50. The predicted molar refractivity (Wildman–Crippen MR) is 108 cm³/mol. The van der Waals surface area contributed by atoms with Crippen LogP contribution in [0, 0.1) is 5.92 Å². The van der Waals surface area contributed by atoms with E-state index in [9.17, 15) is 9.59 Å². The van der Waals surface area contributed by atoms with Crippen LogP contribution in [0.4, 0.5) is 10.5 Å². The summed E-state index contributed by atoms with van der Waals surface area (Å²) in [6.45, 7) is 5.82. The number of benzene rings is 2. The molecule has 0 spiro atoms. The molecule has 2 aromatic rings. The van der Waals surface area contributed by atoms with Crippen molar-refractivity contribution in [2.24, 2.45) is 5.92 Å². The van der Waals surface area contributed by atoms with E-state index in [0.717, 1.165) is 21.3 Å². The van der Waals surface area contributed by atoms with Crippen LogP contribution >= 0.6 is 15.9 Å². The van der Waals surface area contributed by atoms with E-state index >= 15 is 0 Å². The van der Waals surface area contributed by atoms with E-state index in [-0.39, 0.29) is 30.5 Å². The molecule has 0 radical (unpaired) electrons. The molecule has 1 N–H and O–H groups in total. The zero-order chi connectivity index (χ0) is 19.6. The number of hydrogen-bond donors (Lipinski definition) is 1. The number of hydrogen-bond acceptors (Lipinski definition) is 3. The van der Waals surface area contributed by atoms with Gasteiger partial charge in [-0.05, 0) is 36.2 Å². The van der Waals surface area contributed by atoms with Crippen molar-refractivity contribution >= 4 is 33.6 Å². The molecule has 5 nitrogen and oxygen atoms in total. The highest BCUT2D eigenvalue weighted by Gasteiger charge is 2.39. The Balaban J connectivity index is 1.81. The molecule has 0 aliphatic carbocycles. The van der Waals surface area contributed by atoms with Crippen LogP contribution in [0.2, 0.25) is 0 Å². The van der Waals surface area contributed by atoms with Gasteiger partial charge < -0.3 is 15.0 Å². The molecule has 3 atom stereocenters. The summed E-state index contributed by atoms with van der Waals surface area (Å²) in [6, 6.07) is 15.0. The van der Waals surface area contributed by atoms with Crippen LogP contribution in [0.25, 0.3) is 0 Å². The minimum Gasteiger partial charge on any atom is -0.445 e. The highest BCUT2D eigenvalue weighted by atomic mass is 79.9. The highest BCUT2D eigenvalue weighted by Crippen LogP contribution is 2.41. The average Bonchev–Trinajstić information content (AvgIpc) is 2.65. The summed E-state index contributed by atoms with van der Waals surface area (Å²) in [5.74, 6) is 0.0167. The minimum atomic E-state index is -0.467. The number of amides is 2. The van der Waals surface area contributed by atoms with Crippen molar-refractivity contribution in [3.63, 3.8) is 0 Å². The number of anilines is 1. The van der Waals surface area contributed by atoms with E-state index in [1.54, 1.807) is 11.8 Å². The summed E-state index contributed by atoms with van der Waals surface area (Å²) in [5, 5.41) is 2.99. The number of nitrogens with zero attached hydrogens (tertiary/aromatic N) is 1. The quantitative estimate of drug-likeness (QED) is 0.759. The first kappa shape index (κ1) is 19.4. The molecule has 1 unspecified atom stereocenters. The van der Waals surface area contributed by atoms with Crippen LogP contribution in [0.5, 0.6) is 0 Å². The third-order valence-electron chi connectivity index (χ3n) is 5.10. The number of carbonyl (C=O) groups is 2. The van der Waals surface area contributed by atoms with Crippen molar-refractivity contribution in [1.82, 2.24) is 5.32 Å². The number of nitrogens with one attached hydrogen (secondary N) is 1. The molecule has 27 heavy (non-hydrogen) atoms. The number of ether oxygens (including phenoxy) is 1. The molecule has 1 aliphatic heterocycles. The Hall–Kier alpha value is -2.34. The van der Waals surface area contributed by atoms with Crippen LogP contribution in [-0.2, 0) is 16.1 Å². The maximum absolute atomic E-state index is 12.4. The van der Waals surface area contributed by atoms with Gasteiger partial charge in [-0.3, -0.25) is 4.79 Å². The smallest absolute Gasteiger partial charge is 0.407 e. The van der Waals surface area contributed by atoms with Gasteiger partial charge in [0.25, 0.3) is 0 Å². The van der Waals surface area contributed by atoms with E-state index in [4.69, 9.17) is 4.74 Å². The van der Waals surface area contributed by atoms with Gasteiger partial charge in [0.15, 0.2) is 0 Å². The molecule has 1 aliphatic rings. The molecule has 0 saturated carbocycles. The fraction of sp³-hybridized carbons (Fsp3) is 0.333. The third-order valence-corrected chi connectivity index (χ3v) is 5.60. The summed E-state index contributed by atoms with van der Waals surface area (Å²) in [5.41, 5.74) is 2.66. The van der Waals surface area contributed by atoms with Crippen molar-refractivity contribution < 1.29 is 14.3 Å². The average molecular weight is 431 g/mol. The molecular weight excluding hydrogens is 408 g/mol. The van der Waals surface area contributed by atoms with Gasteiger partial charge in [0.1, 0.15) is 6.61 Å². The number of carbonyl (C=O) groups excluding carboxylic acids is 2. The second-order valence-electron chi connectivity index (χ2n) is 6.88. The second kappa shape index (κ2) is 8.13.